The van der Waals surface area contributed by atoms with Crippen molar-refractivity contribution in [2.24, 2.45) is 0 Å². The van der Waals surface area contributed by atoms with E-state index in [2.05, 4.69) is 5.32 Å². The van der Waals surface area contributed by atoms with Crippen LogP contribution in [0.3, 0.4) is 0 Å². The van der Waals surface area contributed by atoms with Gasteiger partial charge in [-0.3, -0.25) is 10.1 Å². The van der Waals surface area contributed by atoms with E-state index < -0.39 is 23.0 Å². The molecule has 1 aromatic rings. The number of nitrogens with one attached hydrogen (secondary N) is 1. The second-order valence-electron chi connectivity index (χ2n) is 4.83. The van der Waals surface area contributed by atoms with Crippen LogP contribution >= 0.6 is 0 Å². The lowest BCUT2D eigenvalue weighted by atomic mass is 9.94. The smallest absolute Gasteiger partial charge is 0.337 e. The molecule has 1 N–H and O–H groups in total. The molecule has 0 fully saturated rings. The van der Waals surface area contributed by atoms with Crippen molar-refractivity contribution in [2.45, 2.75) is 13.0 Å². The zero-order valence-electron chi connectivity index (χ0n) is 12.3. The van der Waals surface area contributed by atoms with Gasteiger partial charge >= 0.3 is 12.0 Å². The molecule has 0 saturated heterocycles. The summed E-state index contributed by atoms with van der Waals surface area (Å²) in [5.74, 6) is -0.596. The van der Waals surface area contributed by atoms with Crippen LogP contribution in [0.15, 0.2) is 35.5 Å². The van der Waals surface area contributed by atoms with E-state index in [-0.39, 0.29) is 11.3 Å². The maximum absolute atomic E-state index is 12.0. The highest BCUT2D eigenvalue weighted by Crippen LogP contribution is 2.34. The third-order valence-electron chi connectivity index (χ3n) is 3.48. The summed E-state index contributed by atoms with van der Waals surface area (Å²) in [6.45, 7) is 1.58. The molecule has 2 rings (SSSR count). The third kappa shape index (κ3) is 2.62. The molecule has 1 heterocycles. The maximum Gasteiger partial charge on any atom is 0.337 e. The Labute approximate surface area is 126 Å². The van der Waals surface area contributed by atoms with Gasteiger partial charge in [-0.15, -0.1) is 0 Å². The van der Waals surface area contributed by atoms with Gasteiger partial charge in [-0.25, -0.2) is 9.59 Å². The number of rotatable bonds is 3. The maximum atomic E-state index is 12.0. The summed E-state index contributed by atoms with van der Waals surface area (Å²) in [5, 5.41) is 13.5. The topological polar surface area (TPSA) is 102 Å². The van der Waals surface area contributed by atoms with Gasteiger partial charge in [-0.1, -0.05) is 12.1 Å². The number of allylic oxidation sites excluding steroid dienone is 1. The molecule has 116 valence electrons. The lowest BCUT2D eigenvalue weighted by Crippen LogP contribution is -2.46. The van der Waals surface area contributed by atoms with Crippen molar-refractivity contribution in [3.8, 4) is 0 Å². The molecule has 22 heavy (non-hydrogen) atoms. The van der Waals surface area contributed by atoms with Gasteiger partial charge in [-0.2, -0.15) is 0 Å². The number of esters is 1. The van der Waals surface area contributed by atoms with Crippen molar-refractivity contribution in [2.75, 3.05) is 14.2 Å². The number of hydrogen-bond acceptors (Lipinski definition) is 5. The minimum atomic E-state index is -0.749. The molecular weight excluding hydrogens is 290 g/mol. The molecular formula is C14H15N3O5. The highest BCUT2D eigenvalue weighted by Gasteiger charge is 2.36. The van der Waals surface area contributed by atoms with E-state index in [0.717, 1.165) is 0 Å². The molecule has 0 radical (unpaired) electrons. The highest BCUT2D eigenvalue weighted by molar-refractivity contribution is 5.94. The number of urea groups is 1. The Morgan fingerprint density at radius 1 is 1.45 bits per heavy atom. The molecule has 1 unspecified atom stereocenters. The number of carbonyl (C=O) groups is 2. The number of carbonyl (C=O) groups excluding carboxylic acids is 2. The SMILES string of the molecule is COC(=O)C1=C(C)NC(=O)N(C)C1c1cccc([N+](=O)[O-])c1. The average molecular weight is 305 g/mol. The fraction of sp³-hybridized carbons (Fsp3) is 0.286. The number of nitro benzene ring substituents is 1. The van der Waals surface area contributed by atoms with Crippen molar-refractivity contribution in [1.82, 2.24) is 10.2 Å². The molecule has 0 spiro atoms. The van der Waals surface area contributed by atoms with Crippen molar-refractivity contribution < 1.29 is 19.2 Å². The predicted molar refractivity (Wildman–Crippen MR) is 76.8 cm³/mol. The van der Waals surface area contributed by atoms with E-state index in [1.807, 2.05) is 0 Å². The number of nitrogens with zero attached hydrogens (tertiary/aromatic N) is 2. The highest BCUT2D eigenvalue weighted by atomic mass is 16.6. The predicted octanol–water partition coefficient (Wildman–Crippen LogP) is 1.74. The van der Waals surface area contributed by atoms with Gasteiger partial charge in [0.05, 0.1) is 23.6 Å². The number of methoxy groups -OCH3 is 1. The second-order valence-corrected chi connectivity index (χ2v) is 4.83. The summed E-state index contributed by atoms with van der Waals surface area (Å²) in [6, 6.07) is 4.68. The van der Waals surface area contributed by atoms with Crippen molar-refractivity contribution in [3.63, 3.8) is 0 Å². The standard InChI is InChI=1S/C14H15N3O5/c1-8-11(13(18)22-3)12(16(2)14(19)15-8)9-5-4-6-10(7-9)17(20)21/h4-7,12H,1-3H3,(H,15,19). The van der Waals surface area contributed by atoms with Crippen molar-refractivity contribution in [3.05, 3.63) is 51.2 Å². The monoisotopic (exact) mass is 305 g/mol. The number of amides is 2. The first-order valence-corrected chi connectivity index (χ1v) is 6.44. The number of nitro groups is 1. The zero-order chi connectivity index (χ0) is 16.4. The van der Waals surface area contributed by atoms with Crippen molar-refractivity contribution >= 4 is 17.7 Å². The molecule has 8 nitrogen and oxygen atoms in total. The van der Waals surface area contributed by atoms with Crippen LogP contribution in [-0.4, -0.2) is 36.0 Å². The number of benzene rings is 1. The Kier molecular flexibility index (Phi) is 4.11. The first-order chi connectivity index (χ1) is 10.4. The van der Waals surface area contributed by atoms with Crippen LogP contribution in [0, 0.1) is 10.1 Å². The number of non-ortho nitro benzene ring substituents is 1. The number of ether oxygens (including phenoxy) is 1. The lowest BCUT2D eigenvalue weighted by Gasteiger charge is -2.35. The van der Waals surface area contributed by atoms with Gasteiger partial charge in [0, 0.05) is 24.9 Å². The molecule has 1 atom stereocenters. The van der Waals surface area contributed by atoms with Gasteiger partial charge in [0.15, 0.2) is 0 Å². The minimum absolute atomic E-state index is 0.112. The lowest BCUT2D eigenvalue weighted by molar-refractivity contribution is -0.384. The Morgan fingerprint density at radius 3 is 2.73 bits per heavy atom. The summed E-state index contributed by atoms with van der Waals surface area (Å²) in [5.41, 5.74) is 0.960. The Bertz CT molecular complexity index is 683. The molecule has 8 heteroatoms. The number of likely N-dealkylation sites (N-methyl/N-ethyl adjacent to an activating group) is 1. The average Bonchev–Trinajstić information content (AvgIpc) is 2.49. The molecule has 0 saturated carbocycles. The zero-order valence-corrected chi connectivity index (χ0v) is 12.3. The fourth-order valence-corrected chi connectivity index (χ4v) is 2.41. The fourth-order valence-electron chi connectivity index (χ4n) is 2.41. The van der Waals surface area contributed by atoms with E-state index in [1.54, 1.807) is 13.0 Å². The minimum Gasteiger partial charge on any atom is -0.466 e. The Morgan fingerprint density at radius 2 is 2.14 bits per heavy atom. The third-order valence-corrected chi connectivity index (χ3v) is 3.48. The second kappa shape index (κ2) is 5.84. The first-order valence-electron chi connectivity index (χ1n) is 6.44. The van der Waals surface area contributed by atoms with Crippen LogP contribution in [0.25, 0.3) is 0 Å². The molecule has 2 amide bonds. The molecule has 1 aliphatic rings. The van der Waals surface area contributed by atoms with Crippen LogP contribution in [-0.2, 0) is 9.53 Å². The van der Waals surface area contributed by atoms with Crippen LogP contribution in [0.1, 0.15) is 18.5 Å². The Hall–Kier alpha value is -2.90. The molecule has 0 aliphatic carbocycles. The van der Waals surface area contributed by atoms with Crippen LogP contribution < -0.4 is 5.32 Å². The quantitative estimate of drug-likeness (QED) is 0.520. The van der Waals surface area contributed by atoms with E-state index in [4.69, 9.17) is 4.74 Å². The van der Waals surface area contributed by atoms with E-state index in [0.29, 0.717) is 11.3 Å². The summed E-state index contributed by atoms with van der Waals surface area (Å²) < 4.78 is 4.76. The van der Waals surface area contributed by atoms with Gasteiger partial charge in [0.2, 0.25) is 0 Å². The largest absolute Gasteiger partial charge is 0.466 e. The van der Waals surface area contributed by atoms with Crippen LogP contribution in [0.4, 0.5) is 10.5 Å². The molecule has 1 aliphatic heterocycles. The van der Waals surface area contributed by atoms with E-state index in [9.17, 15) is 19.7 Å². The van der Waals surface area contributed by atoms with Crippen molar-refractivity contribution in [1.29, 1.82) is 0 Å². The van der Waals surface area contributed by atoms with Gasteiger partial charge in [-0.05, 0) is 12.5 Å². The number of hydrogen-bond donors (Lipinski definition) is 1. The Balaban J connectivity index is 2.59. The van der Waals surface area contributed by atoms with Crippen LogP contribution in [0.2, 0.25) is 0 Å². The molecule has 0 aromatic heterocycles. The summed E-state index contributed by atoms with van der Waals surface area (Å²) >= 11 is 0. The summed E-state index contributed by atoms with van der Waals surface area (Å²) in [6.07, 6.45) is 0. The summed E-state index contributed by atoms with van der Waals surface area (Å²) in [7, 11) is 2.75. The molecule has 1 aromatic carbocycles. The molecule has 0 bridgehead atoms. The van der Waals surface area contributed by atoms with Gasteiger partial charge in [0.25, 0.3) is 5.69 Å². The van der Waals surface area contributed by atoms with Gasteiger partial charge in [0.1, 0.15) is 0 Å². The normalized spacial score (nSPS) is 18.0. The van der Waals surface area contributed by atoms with Crippen LogP contribution in [0.5, 0.6) is 0 Å². The van der Waals surface area contributed by atoms with E-state index >= 15 is 0 Å². The first kappa shape index (κ1) is 15.5. The summed E-state index contributed by atoms with van der Waals surface area (Å²) in [4.78, 5) is 35.7. The van der Waals surface area contributed by atoms with E-state index in [1.165, 1.54) is 37.3 Å². The van der Waals surface area contributed by atoms with Gasteiger partial charge < -0.3 is 15.0 Å².